The highest BCUT2D eigenvalue weighted by Crippen LogP contribution is 2.43. The molecule has 11 heteroatoms. The molecule has 0 aliphatic heterocycles. The van der Waals surface area contributed by atoms with Crippen LogP contribution >= 0.6 is 0 Å². The standard InChI is InChI=1S/C18H15F6NO4/c1-2-14(26)25(16(15(27)28)8-4-3-5-9-16)11-6-7-13(29-18(22,23)24)12(10-11)17(19,20)21/h1,6-7,10H,3-5,8-9H2,(H,27,28). The number of terminal acetylenes is 1. The van der Waals surface area contributed by atoms with Gasteiger partial charge in [0, 0.05) is 5.69 Å². The van der Waals surface area contributed by atoms with Crippen LogP contribution in [0.4, 0.5) is 32.0 Å². The number of carbonyl (C=O) groups is 2. The maximum Gasteiger partial charge on any atom is 0.573 e. The Morgan fingerprint density at radius 1 is 1.10 bits per heavy atom. The fourth-order valence-corrected chi connectivity index (χ4v) is 3.39. The van der Waals surface area contributed by atoms with Crippen molar-refractivity contribution in [3.05, 3.63) is 23.8 Å². The normalized spacial score (nSPS) is 16.6. The molecule has 1 aromatic carbocycles. The van der Waals surface area contributed by atoms with E-state index in [0.29, 0.717) is 30.2 Å². The maximum atomic E-state index is 13.3. The van der Waals surface area contributed by atoms with Crippen molar-refractivity contribution in [1.29, 1.82) is 0 Å². The maximum absolute atomic E-state index is 13.3. The van der Waals surface area contributed by atoms with E-state index in [1.54, 1.807) is 5.92 Å². The first-order valence-electron chi connectivity index (χ1n) is 8.33. The van der Waals surface area contributed by atoms with Crippen molar-refractivity contribution >= 4 is 17.6 Å². The Kier molecular flexibility index (Phi) is 6.06. The smallest absolute Gasteiger partial charge is 0.479 e. The van der Waals surface area contributed by atoms with Crippen LogP contribution in [0.2, 0.25) is 0 Å². The molecule has 0 bridgehead atoms. The second kappa shape index (κ2) is 7.85. The Hall–Kier alpha value is -2.90. The molecule has 1 saturated carbocycles. The van der Waals surface area contributed by atoms with Crippen molar-refractivity contribution in [2.45, 2.75) is 50.2 Å². The van der Waals surface area contributed by atoms with Crippen molar-refractivity contribution in [1.82, 2.24) is 0 Å². The SMILES string of the molecule is C#CC(=O)N(c1ccc(OC(F)(F)F)c(C(F)(F)F)c1)C1(C(=O)O)CCCCC1. The summed E-state index contributed by atoms with van der Waals surface area (Å²) >= 11 is 0. The number of halogens is 6. The van der Waals surface area contributed by atoms with Crippen LogP contribution in [-0.2, 0) is 15.8 Å². The summed E-state index contributed by atoms with van der Waals surface area (Å²) in [5, 5.41) is 9.74. The number of carbonyl (C=O) groups excluding carboxylic acids is 1. The third-order valence-electron chi connectivity index (χ3n) is 4.59. The molecule has 0 atom stereocenters. The number of anilines is 1. The van der Waals surface area contributed by atoms with Crippen molar-refractivity contribution in [3.8, 4) is 18.1 Å². The van der Waals surface area contributed by atoms with Gasteiger partial charge in [0.05, 0.1) is 5.56 Å². The van der Waals surface area contributed by atoms with Gasteiger partial charge in [-0.05, 0) is 37.0 Å². The van der Waals surface area contributed by atoms with Gasteiger partial charge in [0.1, 0.15) is 11.3 Å². The predicted molar refractivity (Wildman–Crippen MR) is 87.9 cm³/mol. The zero-order valence-corrected chi connectivity index (χ0v) is 14.7. The topological polar surface area (TPSA) is 66.8 Å². The van der Waals surface area contributed by atoms with Crippen LogP contribution in [-0.4, -0.2) is 28.9 Å². The molecule has 29 heavy (non-hydrogen) atoms. The molecule has 1 fully saturated rings. The number of ether oxygens (including phenoxy) is 1. The highest BCUT2D eigenvalue weighted by atomic mass is 19.4. The van der Waals surface area contributed by atoms with E-state index in [4.69, 9.17) is 6.42 Å². The number of rotatable bonds is 4. The first kappa shape index (κ1) is 22.4. The van der Waals surface area contributed by atoms with Gasteiger partial charge in [0.25, 0.3) is 0 Å². The van der Waals surface area contributed by atoms with Gasteiger partial charge < -0.3 is 9.84 Å². The number of hydrogen-bond donors (Lipinski definition) is 1. The Balaban J connectivity index is 2.67. The molecule has 1 aromatic rings. The highest BCUT2D eigenvalue weighted by Gasteiger charge is 2.49. The third kappa shape index (κ3) is 4.75. The van der Waals surface area contributed by atoms with E-state index >= 15 is 0 Å². The molecule has 0 unspecified atom stereocenters. The predicted octanol–water partition coefficient (Wildman–Crippen LogP) is 4.36. The van der Waals surface area contributed by atoms with Gasteiger partial charge in [0.15, 0.2) is 0 Å². The fraction of sp³-hybridized carbons (Fsp3) is 0.444. The number of benzene rings is 1. The van der Waals surface area contributed by atoms with Crippen LogP contribution in [0.5, 0.6) is 5.75 Å². The molecule has 2 rings (SSSR count). The minimum Gasteiger partial charge on any atom is -0.479 e. The number of amides is 1. The monoisotopic (exact) mass is 423 g/mol. The average Bonchev–Trinajstić information content (AvgIpc) is 2.61. The summed E-state index contributed by atoms with van der Waals surface area (Å²) in [6.45, 7) is 0. The Morgan fingerprint density at radius 3 is 2.14 bits per heavy atom. The molecular weight excluding hydrogens is 408 g/mol. The van der Waals surface area contributed by atoms with Gasteiger partial charge in [-0.3, -0.25) is 9.69 Å². The Bertz CT molecular complexity index is 834. The first-order valence-corrected chi connectivity index (χ1v) is 8.33. The van der Waals surface area contributed by atoms with Crippen molar-refractivity contribution in [2.75, 3.05) is 4.90 Å². The summed E-state index contributed by atoms with van der Waals surface area (Å²) in [7, 11) is 0. The van der Waals surface area contributed by atoms with E-state index in [1.807, 2.05) is 0 Å². The molecule has 1 amide bonds. The quantitative estimate of drug-likeness (QED) is 0.578. The second-order valence-corrected chi connectivity index (χ2v) is 6.41. The molecule has 5 nitrogen and oxygen atoms in total. The zero-order valence-electron chi connectivity index (χ0n) is 14.7. The summed E-state index contributed by atoms with van der Waals surface area (Å²) in [5.74, 6) is -2.53. The van der Waals surface area contributed by atoms with E-state index in [9.17, 15) is 41.0 Å². The van der Waals surface area contributed by atoms with Gasteiger partial charge in [-0.25, -0.2) is 4.79 Å². The third-order valence-corrected chi connectivity index (χ3v) is 4.59. The van der Waals surface area contributed by atoms with Crippen LogP contribution in [0.1, 0.15) is 37.7 Å². The van der Waals surface area contributed by atoms with Crippen LogP contribution in [0.25, 0.3) is 0 Å². The molecule has 0 aromatic heterocycles. The first-order chi connectivity index (χ1) is 13.3. The number of alkyl halides is 6. The Labute approximate surface area is 161 Å². The molecule has 0 spiro atoms. The molecule has 1 aliphatic rings. The van der Waals surface area contributed by atoms with Crippen molar-refractivity contribution in [3.63, 3.8) is 0 Å². The molecule has 1 aliphatic carbocycles. The lowest BCUT2D eigenvalue weighted by Crippen LogP contribution is -2.58. The summed E-state index contributed by atoms with van der Waals surface area (Å²) in [4.78, 5) is 24.9. The molecule has 0 heterocycles. The van der Waals surface area contributed by atoms with E-state index in [-0.39, 0.29) is 18.9 Å². The molecule has 158 valence electrons. The lowest BCUT2D eigenvalue weighted by Gasteiger charge is -2.42. The highest BCUT2D eigenvalue weighted by molar-refractivity contribution is 6.10. The Morgan fingerprint density at radius 2 is 1.69 bits per heavy atom. The van der Waals surface area contributed by atoms with E-state index in [1.165, 1.54) is 0 Å². The van der Waals surface area contributed by atoms with Crippen molar-refractivity contribution < 1.29 is 45.8 Å². The number of carboxylic acid groups (broad SMARTS) is 1. The van der Waals surface area contributed by atoms with Crippen LogP contribution in [0, 0.1) is 12.3 Å². The average molecular weight is 423 g/mol. The van der Waals surface area contributed by atoms with Gasteiger partial charge in [0.2, 0.25) is 0 Å². The summed E-state index contributed by atoms with van der Waals surface area (Å²) in [5.41, 5.74) is -4.31. The van der Waals surface area contributed by atoms with E-state index < -0.39 is 47.0 Å². The van der Waals surface area contributed by atoms with Crippen LogP contribution in [0.15, 0.2) is 18.2 Å². The minimum atomic E-state index is -5.39. The lowest BCUT2D eigenvalue weighted by molar-refractivity contribution is -0.276. The van der Waals surface area contributed by atoms with E-state index in [2.05, 4.69) is 4.74 Å². The number of nitrogens with zero attached hydrogens (tertiary/aromatic N) is 1. The molecule has 1 N–H and O–H groups in total. The minimum absolute atomic E-state index is 0.0715. The van der Waals surface area contributed by atoms with Gasteiger partial charge >= 0.3 is 24.4 Å². The number of hydrogen-bond acceptors (Lipinski definition) is 3. The fourth-order valence-electron chi connectivity index (χ4n) is 3.39. The van der Waals surface area contributed by atoms with Crippen LogP contribution < -0.4 is 9.64 Å². The lowest BCUT2D eigenvalue weighted by atomic mass is 9.79. The van der Waals surface area contributed by atoms with E-state index in [0.717, 1.165) is 6.07 Å². The molecule has 0 saturated heterocycles. The molecular formula is C18H15F6NO4. The molecule has 0 radical (unpaired) electrons. The summed E-state index contributed by atoms with van der Waals surface area (Å²) in [6, 6.07) is 1.35. The summed E-state index contributed by atoms with van der Waals surface area (Å²) < 4.78 is 80.8. The number of carboxylic acids is 1. The van der Waals surface area contributed by atoms with Gasteiger partial charge in [-0.2, -0.15) is 13.2 Å². The van der Waals surface area contributed by atoms with Gasteiger partial charge in [-0.1, -0.05) is 19.3 Å². The zero-order chi connectivity index (χ0) is 22.0. The summed E-state index contributed by atoms with van der Waals surface area (Å²) in [6.07, 6.45) is -4.31. The van der Waals surface area contributed by atoms with Crippen LogP contribution in [0.3, 0.4) is 0 Å². The largest absolute Gasteiger partial charge is 0.573 e. The number of aliphatic carboxylic acids is 1. The van der Waals surface area contributed by atoms with Crippen molar-refractivity contribution in [2.24, 2.45) is 0 Å². The second-order valence-electron chi connectivity index (χ2n) is 6.41. The van der Waals surface area contributed by atoms with Gasteiger partial charge in [-0.15, -0.1) is 19.6 Å².